The van der Waals surface area contributed by atoms with E-state index < -0.39 is 0 Å². The van der Waals surface area contributed by atoms with Crippen molar-refractivity contribution in [2.75, 3.05) is 30.3 Å². The van der Waals surface area contributed by atoms with Crippen molar-refractivity contribution in [3.05, 3.63) is 40.4 Å². The van der Waals surface area contributed by atoms with Crippen molar-refractivity contribution in [2.45, 2.75) is 26.7 Å². The molecular formula is C20H23N5O2S. The number of aromatic nitrogens is 1. The Morgan fingerprint density at radius 3 is 2.89 bits per heavy atom. The number of aryl methyl sites for hydroxylation is 2. The van der Waals surface area contributed by atoms with E-state index in [4.69, 9.17) is 5.26 Å². The van der Waals surface area contributed by atoms with Gasteiger partial charge in [-0.05, 0) is 51.4 Å². The zero-order valence-electron chi connectivity index (χ0n) is 16.0. The molecule has 7 nitrogen and oxygen atoms in total. The Morgan fingerprint density at radius 1 is 1.36 bits per heavy atom. The molecule has 0 aliphatic carbocycles. The summed E-state index contributed by atoms with van der Waals surface area (Å²) in [5.74, 6) is -0.375. The lowest BCUT2D eigenvalue weighted by atomic mass is 9.97. The molecule has 0 radical (unpaired) electrons. The minimum absolute atomic E-state index is 0.0774. The van der Waals surface area contributed by atoms with Gasteiger partial charge in [-0.25, -0.2) is 4.98 Å². The maximum atomic E-state index is 12.6. The molecule has 1 fully saturated rings. The zero-order chi connectivity index (χ0) is 20.1. The van der Waals surface area contributed by atoms with Gasteiger partial charge in [0.05, 0.1) is 29.8 Å². The quantitative estimate of drug-likeness (QED) is 0.808. The normalized spacial score (nSPS) is 17.0. The highest BCUT2D eigenvalue weighted by Gasteiger charge is 2.27. The average molecular weight is 398 g/mol. The maximum absolute atomic E-state index is 12.6. The Labute approximate surface area is 168 Å². The molecule has 2 aromatic rings. The van der Waals surface area contributed by atoms with E-state index in [9.17, 15) is 9.59 Å². The number of piperidine rings is 1. The van der Waals surface area contributed by atoms with Gasteiger partial charge in [-0.3, -0.25) is 14.5 Å². The second-order valence-corrected chi connectivity index (χ2v) is 8.17. The van der Waals surface area contributed by atoms with Gasteiger partial charge in [0.2, 0.25) is 11.8 Å². The lowest BCUT2D eigenvalue weighted by molar-refractivity contribution is -0.123. The first-order chi connectivity index (χ1) is 13.4. The van der Waals surface area contributed by atoms with E-state index in [1.807, 2.05) is 18.7 Å². The van der Waals surface area contributed by atoms with Gasteiger partial charge in [-0.1, -0.05) is 6.07 Å². The summed E-state index contributed by atoms with van der Waals surface area (Å²) in [7, 11) is 0. The van der Waals surface area contributed by atoms with E-state index in [1.165, 1.54) is 11.3 Å². The standard InChI is InChI=1S/C20H23N5O2S/c1-13-14(2)28-20(22-13)24-18(26)12-25-8-4-6-16(11-25)19(27)23-17-7-3-5-15(9-17)10-21/h3,5,7,9,16H,4,6,8,11-12H2,1-2H3,(H,23,27)(H,22,24,26). The molecule has 2 amide bonds. The largest absolute Gasteiger partial charge is 0.326 e. The number of likely N-dealkylation sites (tertiary alicyclic amines) is 1. The van der Waals surface area contributed by atoms with Crippen LogP contribution in [0.15, 0.2) is 24.3 Å². The van der Waals surface area contributed by atoms with Gasteiger partial charge in [0.1, 0.15) is 0 Å². The number of nitriles is 1. The molecule has 1 atom stereocenters. The van der Waals surface area contributed by atoms with Crippen LogP contribution < -0.4 is 10.6 Å². The summed E-state index contributed by atoms with van der Waals surface area (Å²) >= 11 is 1.47. The number of amides is 2. The van der Waals surface area contributed by atoms with Crippen molar-refractivity contribution in [1.29, 1.82) is 5.26 Å². The number of hydrogen-bond donors (Lipinski definition) is 2. The lowest BCUT2D eigenvalue weighted by Gasteiger charge is -2.31. The van der Waals surface area contributed by atoms with Crippen LogP contribution in [0.3, 0.4) is 0 Å². The fourth-order valence-electron chi connectivity index (χ4n) is 3.21. The summed E-state index contributed by atoms with van der Waals surface area (Å²) in [6.07, 6.45) is 1.64. The third-order valence-electron chi connectivity index (χ3n) is 4.78. The number of hydrogen-bond acceptors (Lipinski definition) is 6. The van der Waals surface area contributed by atoms with Crippen LogP contribution in [0.1, 0.15) is 29.0 Å². The van der Waals surface area contributed by atoms with Crippen molar-refractivity contribution in [2.24, 2.45) is 5.92 Å². The molecular weight excluding hydrogens is 374 g/mol. The molecule has 1 saturated heterocycles. The van der Waals surface area contributed by atoms with Crippen molar-refractivity contribution in [1.82, 2.24) is 9.88 Å². The van der Waals surface area contributed by atoms with Crippen LogP contribution in [0.2, 0.25) is 0 Å². The van der Waals surface area contributed by atoms with Crippen LogP contribution in [0.4, 0.5) is 10.8 Å². The number of thiazole rings is 1. The Bertz CT molecular complexity index is 898. The van der Waals surface area contributed by atoms with Crippen molar-refractivity contribution in [3.8, 4) is 6.07 Å². The Kier molecular flexibility index (Phi) is 6.39. The molecule has 0 spiro atoms. The van der Waals surface area contributed by atoms with Gasteiger partial charge in [0.15, 0.2) is 5.13 Å². The van der Waals surface area contributed by atoms with E-state index >= 15 is 0 Å². The molecule has 1 aliphatic rings. The summed E-state index contributed by atoms with van der Waals surface area (Å²) in [5.41, 5.74) is 2.05. The molecule has 1 unspecified atom stereocenters. The third kappa shape index (κ3) is 5.15. The van der Waals surface area contributed by atoms with Gasteiger partial charge in [0.25, 0.3) is 0 Å². The number of carbonyl (C=O) groups excluding carboxylic acids is 2. The van der Waals surface area contributed by atoms with Gasteiger partial charge in [-0.2, -0.15) is 5.26 Å². The van der Waals surface area contributed by atoms with E-state index in [-0.39, 0.29) is 24.3 Å². The van der Waals surface area contributed by atoms with E-state index in [2.05, 4.69) is 21.7 Å². The van der Waals surface area contributed by atoms with Crippen molar-refractivity contribution in [3.63, 3.8) is 0 Å². The lowest BCUT2D eigenvalue weighted by Crippen LogP contribution is -2.44. The topological polar surface area (TPSA) is 98.1 Å². The monoisotopic (exact) mass is 397 g/mol. The molecule has 1 aromatic carbocycles. The van der Waals surface area contributed by atoms with Crippen LogP contribution in [0, 0.1) is 31.1 Å². The molecule has 1 aromatic heterocycles. The highest BCUT2D eigenvalue weighted by molar-refractivity contribution is 7.15. The molecule has 3 rings (SSSR count). The second-order valence-electron chi connectivity index (χ2n) is 6.96. The van der Waals surface area contributed by atoms with Gasteiger partial charge < -0.3 is 10.6 Å². The van der Waals surface area contributed by atoms with Gasteiger partial charge in [0, 0.05) is 17.1 Å². The molecule has 0 saturated carbocycles. The number of carbonyl (C=O) groups is 2. The minimum atomic E-state index is -0.184. The number of nitrogens with zero attached hydrogens (tertiary/aromatic N) is 3. The highest BCUT2D eigenvalue weighted by atomic mass is 32.1. The predicted molar refractivity (Wildman–Crippen MR) is 109 cm³/mol. The predicted octanol–water partition coefficient (Wildman–Crippen LogP) is 2.92. The van der Waals surface area contributed by atoms with Crippen LogP contribution in [0.25, 0.3) is 0 Å². The summed E-state index contributed by atoms with van der Waals surface area (Å²) in [6.45, 7) is 5.46. The third-order valence-corrected chi connectivity index (χ3v) is 5.77. The molecule has 0 bridgehead atoms. The summed E-state index contributed by atoms with van der Waals surface area (Å²) in [6, 6.07) is 8.93. The summed E-state index contributed by atoms with van der Waals surface area (Å²) in [4.78, 5) is 32.3. The number of nitrogens with one attached hydrogen (secondary N) is 2. The fourth-order valence-corrected chi connectivity index (χ4v) is 4.04. The van der Waals surface area contributed by atoms with E-state index in [0.29, 0.717) is 22.9 Å². The first-order valence-corrected chi connectivity index (χ1v) is 10.0. The molecule has 2 heterocycles. The van der Waals surface area contributed by atoms with Crippen molar-refractivity contribution >= 4 is 34.0 Å². The highest BCUT2D eigenvalue weighted by Crippen LogP contribution is 2.22. The SMILES string of the molecule is Cc1nc(NC(=O)CN2CCCC(C(=O)Nc3cccc(C#N)c3)C2)sc1C. The average Bonchev–Trinajstić information content (AvgIpc) is 2.98. The van der Waals surface area contributed by atoms with Crippen LogP contribution in [0.5, 0.6) is 0 Å². The molecule has 8 heteroatoms. The Morgan fingerprint density at radius 2 is 2.18 bits per heavy atom. The minimum Gasteiger partial charge on any atom is -0.326 e. The van der Waals surface area contributed by atoms with Crippen LogP contribution in [-0.4, -0.2) is 41.3 Å². The first-order valence-electron chi connectivity index (χ1n) is 9.22. The van der Waals surface area contributed by atoms with Crippen molar-refractivity contribution < 1.29 is 9.59 Å². The molecule has 146 valence electrons. The fraction of sp³-hybridized carbons (Fsp3) is 0.400. The second kappa shape index (κ2) is 8.95. The van der Waals surface area contributed by atoms with Gasteiger partial charge >= 0.3 is 0 Å². The van der Waals surface area contributed by atoms with E-state index in [1.54, 1.807) is 24.3 Å². The smallest absolute Gasteiger partial charge is 0.240 e. The zero-order valence-corrected chi connectivity index (χ0v) is 16.8. The molecule has 1 aliphatic heterocycles. The van der Waals surface area contributed by atoms with Crippen LogP contribution >= 0.6 is 11.3 Å². The first kappa shape index (κ1) is 20.0. The number of benzene rings is 1. The Balaban J connectivity index is 1.53. The molecule has 2 N–H and O–H groups in total. The number of rotatable bonds is 5. The van der Waals surface area contributed by atoms with Crippen LogP contribution in [-0.2, 0) is 9.59 Å². The summed E-state index contributed by atoms with van der Waals surface area (Å²) in [5, 5.41) is 15.3. The molecule has 28 heavy (non-hydrogen) atoms. The Hall–Kier alpha value is -2.76. The van der Waals surface area contributed by atoms with E-state index in [0.717, 1.165) is 30.0 Å². The maximum Gasteiger partial charge on any atom is 0.240 e. The summed E-state index contributed by atoms with van der Waals surface area (Å²) < 4.78 is 0. The number of anilines is 2. The van der Waals surface area contributed by atoms with Gasteiger partial charge in [-0.15, -0.1) is 11.3 Å².